The van der Waals surface area contributed by atoms with Gasteiger partial charge >= 0.3 is 162 Å². The van der Waals surface area contributed by atoms with E-state index >= 15 is 0 Å². The van der Waals surface area contributed by atoms with Crippen molar-refractivity contribution in [2.45, 2.75) is 127 Å². The van der Waals surface area contributed by atoms with Crippen molar-refractivity contribution in [3.05, 3.63) is 205 Å². The average molecular weight is 1140 g/mol. The number of carbonyl (C=O) groups is 4. The quantitative estimate of drug-likeness (QED) is 0.0312. The number of halogens is 2. The van der Waals surface area contributed by atoms with Gasteiger partial charge in [-0.3, -0.25) is 14.4 Å². The number of esters is 2. The third kappa shape index (κ3) is 27.3. The van der Waals surface area contributed by atoms with Crippen LogP contribution in [0.15, 0.2) is 205 Å². The molecule has 0 bridgehead atoms. The number of benzene rings is 6. The average Bonchev–Trinajstić information content (AvgIpc) is 3.57. The minimum atomic E-state index is -2.96. The minimum Gasteiger partial charge on any atom is -0.466 e. The molecule has 0 unspecified atom stereocenters. The number of aliphatic carboxylic acids is 1. The monoisotopic (exact) mass is 1140 g/mol. The molecule has 0 aromatic heterocycles. The van der Waals surface area contributed by atoms with E-state index in [-0.39, 0.29) is 30.6 Å². The summed E-state index contributed by atoms with van der Waals surface area (Å²) in [6.07, 6.45) is 12.1. The summed E-state index contributed by atoms with van der Waals surface area (Å²) in [4.78, 5) is 41.9. The predicted molar refractivity (Wildman–Crippen MR) is 340 cm³/mol. The molecule has 78 heavy (non-hydrogen) atoms. The van der Waals surface area contributed by atoms with Crippen LogP contribution in [-0.2, 0) is 28.7 Å². The normalized spacial score (nSPS) is 11.3. The van der Waals surface area contributed by atoms with Crippen LogP contribution in [-0.4, -0.2) is 54.1 Å². The first kappa shape index (κ1) is 70.3. The summed E-state index contributed by atoms with van der Waals surface area (Å²) >= 11 is 13.0. The van der Waals surface area contributed by atoms with E-state index in [0.29, 0.717) is 32.5 Å². The molecule has 0 heterocycles. The van der Waals surface area contributed by atoms with Gasteiger partial charge in [0.15, 0.2) is 0 Å². The van der Waals surface area contributed by atoms with E-state index in [0.717, 1.165) is 44.1 Å². The van der Waals surface area contributed by atoms with E-state index < -0.39 is 19.8 Å². The molecule has 0 saturated carbocycles. The third-order valence-corrected chi connectivity index (χ3v) is 22.1. The summed E-state index contributed by atoms with van der Waals surface area (Å²) in [6, 6.07) is 64.3. The summed E-state index contributed by atoms with van der Waals surface area (Å²) in [5.41, 5.74) is 2.44. The zero-order valence-corrected chi connectivity index (χ0v) is 51.2. The van der Waals surface area contributed by atoms with Crippen molar-refractivity contribution in [1.29, 1.82) is 0 Å². The number of carboxylic acid groups (broad SMARTS) is 1. The topological polar surface area (TPSA) is 107 Å². The van der Waals surface area contributed by atoms with Crippen LogP contribution in [0.3, 0.4) is 0 Å². The van der Waals surface area contributed by atoms with E-state index in [1.54, 1.807) is 6.92 Å². The fourth-order valence-electron chi connectivity index (χ4n) is 7.90. The van der Waals surface area contributed by atoms with Crippen molar-refractivity contribution in [3.8, 4) is 0 Å². The van der Waals surface area contributed by atoms with Crippen LogP contribution in [0, 0.1) is 0 Å². The Labute approximate surface area is 480 Å². The first-order chi connectivity index (χ1) is 37.6. The first-order valence-electron chi connectivity index (χ1n) is 27.3. The number of carbonyl (C=O) groups excluding carboxylic acids is 3. The maximum Gasteiger partial charge on any atom is 0.306 e. The van der Waals surface area contributed by atoms with Crippen LogP contribution in [0.25, 0.3) is 0 Å². The van der Waals surface area contributed by atoms with Gasteiger partial charge in [0.25, 0.3) is 0 Å². The molecule has 6 rings (SSSR count). The second-order valence-electron chi connectivity index (χ2n) is 18.1. The summed E-state index contributed by atoms with van der Waals surface area (Å²) in [7, 11) is -0.446. The summed E-state index contributed by atoms with van der Waals surface area (Å²) in [6.45, 7) is 18.3. The number of rotatable bonds is 22. The van der Waals surface area contributed by atoms with Gasteiger partial charge in [-0.1, -0.05) is 135 Å². The van der Waals surface area contributed by atoms with E-state index in [1.165, 1.54) is 49.9 Å². The Morgan fingerprint density at radius 2 is 0.756 bits per heavy atom. The van der Waals surface area contributed by atoms with Gasteiger partial charge in [-0.05, 0) is 90.6 Å². The number of allylic oxidation sites excluding steroid dienone is 4. The summed E-state index contributed by atoms with van der Waals surface area (Å²) in [5.74, 6) is -3.25. The molecule has 1 N–H and O–H groups in total. The summed E-state index contributed by atoms with van der Waals surface area (Å²) < 4.78 is 9.41. The van der Waals surface area contributed by atoms with Gasteiger partial charge in [0.1, 0.15) is 5.78 Å². The number of alkyl halides is 1. The molecule has 0 fully saturated rings. The van der Waals surface area contributed by atoms with E-state index in [1.807, 2.05) is 34.6 Å². The van der Waals surface area contributed by atoms with Crippen molar-refractivity contribution in [3.63, 3.8) is 0 Å². The van der Waals surface area contributed by atoms with Gasteiger partial charge < -0.3 is 19.4 Å². The van der Waals surface area contributed by atoms with Crippen LogP contribution in [0.4, 0.5) is 0 Å². The number of Topliss-reactive ketones (excluding diaryl/α,β-unsaturated/α-hetero) is 1. The van der Waals surface area contributed by atoms with Crippen LogP contribution in [0.1, 0.15) is 127 Å². The molecule has 0 aliphatic rings. The number of hydrogen-bond acceptors (Lipinski definition) is 6. The van der Waals surface area contributed by atoms with Crippen molar-refractivity contribution in [1.82, 2.24) is 0 Å². The van der Waals surface area contributed by atoms with Crippen molar-refractivity contribution in [2.24, 2.45) is 0 Å². The van der Waals surface area contributed by atoms with Gasteiger partial charge in [-0.2, -0.15) is 0 Å². The second-order valence-corrected chi connectivity index (χ2v) is 27.3. The molecule has 6 aromatic rings. The third-order valence-electron chi connectivity index (χ3n) is 11.6. The fraction of sp³-hybridized carbons (Fsp3) is 0.343. The number of hydrogen-bond donors (Lipinski definition) is 1. The molecule has 0 aliphatic heterocycles. The molecule has 11 heteroatoms. The minimum absolute atomic E-state index is 0.0213. The second kappa shape index (κ2) is 42.3. The molecule has 0 radical (unpaired) electrons. The zero-order chi connectivity index (χ0) is 57.9. The fourth-order valence-corrected chi connectivity index (χ4v) is 16.6. The maximum atomic E-state index is 10.9. The Morgan fingerprint density at radius 3 is 1.01 bits per heavy atom. The maximum absolute atomic E-state index is 10.9. The first-order valence-corrected chi connectivity index (χ1v) is 32.5. The SMILES string of the molecule is CC/C=C(\C)CCC(=O)O.CC/C=C(\C)CCC(=O)OCC.CCCCl.CCCP(Cl)(c1ccccc1)(c1ccccc1)c1ccccc1.CCOC(=O)CCC(C)=O.c1ccc(P(c2ccccc2)c2ccccc2)cc1. The van der Waals surface area contributed by atoms with Crippen LogP contribution in [0.2, 0.25) is 0 Å². The molecule has 422 valence electrons. The molecule has 0 saturated heterocycles. The largest absolute Gasteiger partial charge is 0.466 e. The Kier molecular flexibility index (Phi) is 38.1. The Balaban J connectivity index is 0.000000500. The van der Waals surface area contributed by atoms with Gasteiger partial charge in [-0.25, -0.2) is 0 Å². The van der Waals surface area contributed by atoms with Crippen molar-refractivity contribution < 1.29 is 33.8 Å². The smallest absolute Gasteiger partial charge is 0.306 e. The Bertz CT molecular complexity index is 2390. The number of carboxylic acids is 1. The molecule has 0 amide bonds. The molecule has 0 atom stereocenters. The van der Waals surface area contributed by atoms with Gasteiger partial charge in [0, 0.05) is 25.1 Å². The van der Waals surface area contributed by atoms with Crippen LogP contribution < -0.4 is 31.8 Å². The van der Waals surface area contributed by atoms with Gasteiger partial charge in [0.2, 0.25) is 0 Å². The molecular formula is C67H88Cl2O7P2. The molecular weight excluding hydrogens is 1050 g/mol. The predicted octanol–water partition coefficient (Wildman–Crippen LogP) is 16.0. The number of ether oxygens (including phenoxy) is 2. The van der Waals surface area contributed by atoms with Crippen LogP contribution in [0.5, 0.6) is 0 Å². The molecule has 0 spiro atoms. The van der Waals surface area contributed by atoms with Gasteiger partial charge in [-0.15, -0.1) is 11.6 Å². The van der Waals surface area contributed by atoms with E-state index in [9.17, 15) is 19.2 Å². The Morgan fingerprint density at radius 1 is 0.462 bits per heavy atom. The molecule has 0 aliphatic carbocycles. The van der Waals surface area contributed by atoms with Crippen molar-refractivity contribution in [2.75, 3.05) is 25.3 Å². The molecule has 7 nitrogen and oxygen atoms in total. The standard InChI is InChI=1S/C21H22ClP.C18H15P.C10H18O2.C8H14O2.C7H12O3.C3H7Cl/c1-2-18-23(22,19-12-6-3-7-13-19,20-14-8-4-9-15-20)21-16-10-5-11-17-21;1-4-10-16(11-5-1)19(17-12-6-2-7-13-17)18-14-8-3-9-15-18;1-4-6-9(3)7-8-10(11)12-5-2;1-3-4-7(2)5-6-8(9)10;1-3-10-7(9)5-4-6(2)8;1-2-3-4/h3-17H,2,18H2,1H3;1-15H;6H,4-5,7-8H2,1-3H3;4H,3,5-6H2,1-2H3,(H,9,10);3-5H2,1-2H3;2-3H2,1H3/b;;9-6+;7-4+;;. The zero-order valence-electron chi connectivity index (χ0n) is 47.9. The van der Waals surface area contributed by atoms with E-state index in [2.05, 4.69) is 213 Å². The van der Waals surface area contributed by atoms with E-state index in [4.69, 9.17) is 32.7 Å². The Hall–Kier alpha value is -5.68. The number of ketones is 1. The van der Waals surface area contributed by atoms with Gasteiger partial charge in [0.05, 0.1) is 19.6 Å². The summed E-state index contributed by atoms with van der Waals surface area (Å²) in [5, 5.41) is 16.2. The molecule has 6 aromatic carbocycles. The van der Waals surface area contributed by atoms with Crippen LogP contribution >= 0.6 is 36.7 Å². The van der Waals surface area contributed by atoms with Crippen molar-refractivity contribution >= 4 is 92.2 Å².